The molecule has 0 aromatic carbocycles. The van der Waals surface area contributed by atoms with Gasteiger partial charge in [0.2, 0.25) is 0 Å². The van der Waals surface area contributed by atoms with Gasteiger partial charge < -0.3 is 35.8 Å². The number of rotatable bonds is 4. The molecule has 11 heteroatoms. The predicted molar refractivity (Wildman–Crippen MR) is 50.4 cm³/mol. The van der Waals surface area contributed by atoms with Crippen LogP contribution in [-0.4, -0.2) is 41.5 Å². The molecule has 0 bridgehead atoms. The number of nitrogens with two attached hydrogens (primary N) is 1. The molecule has 90 valence electrons. The average molecular weight is 262 g/mol. The molecule has 9 nitrogen and oxygen atoms in total. The lowest BCUT2D eigenvalue weighted by molar-refractivity contribution is 0.178. The minimum Gasteiger partial charge on any atom is -0.363 e. The molecule has 0 saturated heterocycles. The molecule has 0 aliphatic carbocycles. The molecule has 0 amide bonds. The summed E-state index contributed by atoms with van der Waals surface area (Å²) in [5, 5.41) is 12.5. The molecule has 1 atom stereocenters. The third-order valence-electron chi connectivity index (χ3n) is 1.63. The maximum Gasteiger partial charge on any atom is 0.375 e. The zero-order valence-electron chi connectivity index (χ0n) is 7.60. The minimum atomic E-state index is -5.63. The van der Waals surface area contributed by atoms with Crippen LogP contribution in [0.5, 0.6) is 0 Å². The van der Waals surface area contributed by atoms with Gasteiger partial charge in [0.05, 0.1) is 5.71 Å². The summed E-state index contributed by atoms with van der Waals surface area (Å²) >= 11 is 0. The molecule has 0 aromatic heterocycles. The van der Waals surface area contributed by atoms with Gasteiger partial charge in [-0.3, -0.25) is 9.13 Å². The van der Waals surface area contributed by atoms with Gasteiger partial charge in [-0.2, -0.15) is 0 Å². The maximum absolute atomic E-state index is 10.8. The average Bonchev–Trinajstić information content (AvgIpc) is 1.96. The number of hydrogen-bond acceptors (Lipinski definition) is 5. The number of aliphatic hydroxyl groups is 1. The second kappa shape index (κ2) is 4.04. The Labute approximate surface area is 84.8 Å². The first-order valence-corrected chi connectivity index (χ1v) is 6.76. The highest BCUT2D eigenvalue weighted by atomic mass is 31.2. The van der Waals surface area contributed by atoms with E-state index in [2.05, 4.69) is 0 Å². The summed E-state index contributed by atoms with van der Waals surface area (Å²) in [7, 11) is -11.3. The van der Waals surface area contributed by atoms with Crippen LogP contribution in [0.15, 0.2) is 0 Å². The van der Waals surface area contributed by atoms with Crippen molar-refractivity contribution in [3.8, 4) is 0 Å². The molecular formula is C4H12N2O7P2. The van der Waals surface area contributed by atoms with Crippen molar-refractivity contribution in [1.82, 2.24) is 0 Å². The molecule has 8 N–H and O–H groups in total. The summed E-state index contributed by atoms with van der Waals surface area (Å²) in [5.41, 5.74) is 3.73. The molecule has 0 saturated carbocycles. The van der Waals surface area contributed by atoms with Gasteiger partial charge in [-0.1, -0.05) is 0 Å². The molecule has 1 unspecified atom stereocenters. The first kappa shape index (κ1) is 14.9. The zero-order chi connectivity index (χ0) is 12.7. The topological polar surface area (TPSA) is 185 Å². The maximum atomic E-state index is 10.8. The van der Waals surface area contributed by atoms with E-state index in [0.29, 0.717) is 0 Å². The van der Waals surface area contributed by atoms with E-state index in [0.717, 1.165) is 6.92 Å². The van der Waals surface area contributed by atoms with E-state index >= 15 is 0 Å². The third-order valence-corrected chi connectivity index (χ3v) is 5.30. The Morgan fingerprint density at radius 2 is 1.53 bits per heavy atom. The molecule has 0 spiro atoms. The second-order valence-electron chi connectivity index (χ2n) is 2.93. The molecule has 15 heavy (non-hydrogen) atoms. The largest absolute Gasteiger partial charge is 0.375 e. The first-order chi connectivity index (χ1) is 6.35. The van der Waals surface area contributed by atoms with E-state index in [9.17, 15) is 14.2 Å². The van der Waals surface area contributed by atoms with Crippen molar-refractivity contribution in [2.75, 3.05) is 0 Å². The fourth-order valence-corrected chi connectivity index (χ4v) is 3.18. The monoisotopic (exact) mass is 262 g/mol. The van der Waals surface area contributed by atoms with Gasteiger partial charge in [0, 0.05) is 6.04 Å². The number of nitrogens with one attached hydrogen (secondary N) is 1. The van der Waals surface area contributed by atoms with E-state index in [-0.39, 0.29) is 0 Å². The molecule has 0 aliphatic rings. The van der Waals surface area contributed by atoms with Crippen molar-refractivity contribution in [1.29, 1.82) is 5.41 Å². The van der Waals surface area contributed by atoms with Crippen LogP contribution in [0.3, 0.4) is 0 Å². The lowest BCUT2D eigenvalue weighted by Crippen LogP contribution is -2.46. The van der Waals surface area contributed by atoms with Gasteiger partial charge in [0.15, 0.2) is 0 Å². The summed E-state index contributed by atoms with van der Waals surface area (Å²) < 4.78 is 21.6. The fraction of sp³-hybridized carbons (Fsp3) is 0.750. The fourth-order valence-electron chi connectivity index (χ4n) is 0.789. The summed E-state index contributed by atoms with van der Waals surface area (Å²) in [6.45, 7) is 1.05. The van der Waals surface area contributed by atoms with Crippen molar-refractivity contribution < 1.29 is 33.8 Å². The second-order valence-corrected chi connectivity index (χ2v) is 6.75. The normalized spacial score (nSPS) is 16.2. The van der Waals surface area contributed by atoms with Crippen LogP contribution in [0.1, 0.15) is 6.92 Å². The van der Waals surface area contributed by atoms with Crippen LogP contribution in [0, 0.1) is 5.41 Å². The van der Waals surface area contributed by atoms with Crippen molar-refractivity contribution in [2.45, 2.75) is 18.0 Å². The summed E-state index contributed by atoms with van der Waals surface area (Å²) in [5.74, 6) is 0. The smallest absolute Gasteiger partial charge is 0.363 e. The van der Waals surface area contributed by atoms with E-state index in [1.54, 1.807) is 0 Å². The summed E-state index contributed by atoms with van der Waals surface area (Å²) in [6, 6.07) is -1.41. The van der Waals surface area contributed by atoms with Crippen molar-refractivity contribution >= 4 is 20.9 Å². The highest BCUT2D eigenvalue weighted by molar-refractivity contribution is 7.73. The Hall–Kier alpha value is -0.110. The minimum absolute atomic E-state index is 1.05. The van der Waals surface area contributed by atoms with Gasteiger partial charge in [0.1, 0.15) is 0 Å². The standard InChI is InChI=1S/C4H12N2O7P2/c1-2(5)3(6)4(7,14(8,9)10)15(11,12)13/h2,6-7H,5H2,1H3,(H2,8,9,10)(H2,11,12,13). The summed E-state index contributed by atoms with van der Waals surface area (Å²) in [4.78, 5) is 34.7. The van der Waals surface area contributed by atoms with E-state index in [1.807, 2.05) is 0 Å². The van der Waals surface area contributed by atoms with Crippen LogP contribution in [0.2, 0.25) is 0 Å². The Morgan fingerprint density at radius 1 is 1.27 bits per heavy atom. The van der Waals surface area contributed by atoms with Crippen molar-refractivity contribution in [2.24, 2.45) is 5.73 Å². The van der Waals surface area contributed by atoms with E-state index in [4.69, 9.17) is 30.7 Å². The van der Waals surface area contributed by atoms with Gasteiger partial charge in [-0.25, -0.2) is 0 Å². The Kier molecular flexibility index (Phi) is 4.01. The highest BCUT2D eigenvalue weighted by Gasteiger charge is 2.63. The summed E-state index contributed by atoms with van der Waals surface area (Å²) in [6.07, 6.45) is 0. The molecule has 0 rings (SSSR count). The Balaban J connectivity index is 5.77. The van der Waals surface area contributed by atoms with Crippen molar-refractivity contribution in [3.05, 3.63) is 0 Å². The molecule has 0 fully saturated rings. The Bertz CT molecular complexity index is 332. The molecule has 0 radical (unpaired) electrons. The molecular weight excluding hydrogens is 250 g/mol. The first-order valence-electron chi connectivity index (χ1n) is 3.54. The Morgan fingerprint density at radius 3 is 1.60 bits per heavy atom. The van der Waals surface area contributed by atoms with Crippen LogP contribution < -0.4 is 5.73 Å². The third kappa shape index (κ3) is 2.52. The van der Waals surface area contributed by atoms with Crippen LogP contribution in [0.25, 0.3) is 0 Å². The molecule has 0 heterocycles. The van der Waals surface area contributed by atoms with E-state index in [1.165, 1.54) is 0 Å². The molecule has 0 aliphatic heterocycles. The predicted octanol–water partition coefficient (Wildman–Crippen LogP) is -1.65. The van der Waals surface area contributed by atoms with E-state index < -0.39 is 32.0 Å². The highest BCUT2D eigenvalue weighted by Crippen LogP contribution is 2.67. The molecule has 0 aromatic rings. The van der Waals surface area contributed by atoms with Crippen LogP contribution >= 0.6 is 15.2 Å². The SMILES string of the molecule is CC(N)C(=N)C(O)(P(=O)(O)O)P(=O)(O)O. The zero-order valence-corrected chi connectivity index (χ0v) is 9.39. The van der Waals surface area contributed by atoms with Gasteiger partial charge >= 0.3 is 20.3 Å². The van der Waals surface area contributed by atoms with Gasteiger partial charge in [-0.05, 0) is 6.92 Å². The lowest BCUT2D eigenvalue weighted by Gasteiger charge is -2.31. The van der Waals surface area contributed by atoms with Crippen molar-refractivity contribution in [3.63, 3.8) is 0 Å². The lowest BCUT2D eigenvalue weighted by atomic mass is 10.2. The van der Waals surface area contributed by atoms with Crippen LogP contribution in [0.4, 0.5) is 0 Å². The number of hydrogen-bond donors (Lipinski definition) is 7. The quantitative estimate of drug-likeness (QED) is 0.232. The van der Waals surface area contributed by atoms with Gasteiger partial charge in [-0.15, -0.1) is 0 Å². The van der Waals surface area contributed by atoms with Crippen LogP contribution in [-0.2, 0) is 9.13 Å². The van der Waals surface area contributed by atoms with Gasteiger partial charge in [0.25, 0.3) is 0 Å².